The van der Waals surface area contributed by atoms with Crippen LogP contribution in [0.5, 0.6) is 0 Å². The number of methoxy groups -OCH3 is 1. The summed E-state index contributed by atoms with van der Waals surface area (Å²) in [5.41, 5.74) is -1.37. The number of nitrogens with zero attached hydrogens (tertiary/aromatic N) is 2. The average Bonchev–Trinajstić information content (AvgIpc) is 2.26. The fraction of sp³-hybridized carbons (Fsp3) is 0.636. The van der Waals surface area contributed by atoms with Gasteiger partial charge in [-0.15, -0.1) is 0 Å². The molecule has 106 valence electrons. The van der Waals surface area contributed by atoms with Gasteiger partial charge in [0.15, 0.2) is 5.69 Å². The molecular weight excluding hydrogens is 283 g/mol. The molecule has 0 saturated heterocycles. The third-order valence-electron chi connectivity index (χ3n) is 3.28. The van der Waals surface area contributed by atoms with Gasteiger partial charge in [-0.1, -0.05) is 0 Å². The predicted octanol–water partition coefficient (Wildman–Crippen LogP) is 3.13. The molecule has 0 aliphatic heterocycles. The summed E-state index contributed by atoms with van der Waals surface area (Å²) in [5, 5.41) is 2.40. The van der Waals surface area contributed by atoms with Crippen molar-refractivity contribution in [3.05, 3.63) is 17.0 Å². The van der Waals surface area contributed by atoms with Crippen molar-refractivity contribution >= 4 is 17.4 Å². The molecule has 1 saturated carbocycles. The maximum absolute atomic E-state index is 12.6. The highest BCUT2D eigenvalue weighted by Crippen LogP contribution is 2.35. The Kier molecular flexibility index (Phi) is 3.87. The van der Waals surface area contributed by atoms with Crippen LogP contribution in [0.3, 0.4) is 0 Å². The lowest BCUT2D eigenvalue weighted by Crippen LogP contribution is -2.45. The van der Waals surface area contributed by atoms with Gasteiger partial charge in [-0.2, -0.15) is 13.2 Å². The van der Waals surface area contributed by atoms with Gasteiger partial charge >= 0.3 is 6.18 Å². The molecule has 1 heterocycles. The maximum atomic E-state index is 12.6. The molecule has 0 bridgehead atoms. The summed E-state index contributed by atoms with van der Waals surface area (Å²) in [6.07, 6.45) is -1.74. The van der Waals surface area contributed by atoms with Crippen LogP contribution in [0.2, 0.25) is 5.28 Å². The highest BCUT2D eigenvalue weighted by atomic mass is 35.5. The molecule has 0 radical (unpaired) electrons. The Balaban J connectivity index is 2.10. The Labute approximate surface area is 113 Å². The minimum Gasteiger partial charge on any atom is -0.376 e. The molecule has 0 aromatic carbocycles. The van der Waals surface area contributed by atoms with Crippen molar-refractivity contribution in [2.75, 3.05) is 19.0 Å². The second-order valence-corrected chi connectivity index (χ2v) is 4.84. The smallest absolute Gasteiger partial charge is 0.376 e. The zero-order chi connectivity index (χ0) is 14.1. The van der Waals surface area contributed by atoms with Crippen molar-refractivity contribution in [3.8, 4) is 0 Å². The molecule has 1 N–H and O–H groups in total. The van der Waals surface area contributed by atoms with Crippen molar-refractivity contribution < 1.29 is 17.9 Å². The van der Waals surface area contributed by atoms with Crippen LogP contribution in [0.25, 0.3) is 0 Å². The maximum Gasteiger partial charge on any atom is 0.433 e. The molecular formula is C11H13ClF3N3O. The topological polar surface area (TPSA) is 47.0 Å². The van der Waals surface area contributed by atoms with E-state index in [9.17, 15) is 13.2 Å². The molecule has 1 aromatic heterocycles. The SMILES string of the molecule is COC1(CNc2cc(C(F)(F)F)nc(Cl)n2)CCC1. The number of hydrogen-bond donors (Lipinski definition) is 1. The van der Waals surface area contributed by atoms with E-state index in [1.807, 2.05) is 0 Å². The number of ether oxygens (including phenoxy) is 1. The molecule has 0 unspecified atom stereocenters. The summed E-state index contributed by atoms with van der Waals surface area (Å²) < 4.78 is 43.1. The Morgan fingerprint density at radius 2 is 2.11 bits per heavy atom. The standard InChI is InChI=1S/C11H13ClF3N3O/c1-19-10(3-2-4-10)6-16-8-5-7(11(13,14)15)17-9(12)18-8/h5H,2-4,6H2,1H3,(H,16,17,18). The predicted molar refractivity (Wildman–Crippen MR) is 64.1 cm³/mol. The molecule has 2 rings (SSSR count). The van der Waals surface area contributed by atoms with Crippen molar-refractivity contribution in [2.24, 2.45) is 0 Å². The monoisotopic (exact) mass is 295 g/mol. The first-order valence-electron chi connectivity index (χ1n) is 5.75. The van der Waals surface area contributed by atoms with Gasteiger partial charge in [-0.3, -0.25) is 0 Å². The number of hydrogen-bond acceptors (Lipinski definition) is 4. The molecule has 0 spiro atoms. The van der Waals surface area contributed by atoms with Crippen LogP contribution in [0.4, 0.5) is 19.0 Å². The normalized spacial score (nSPS) is 17.9. The van der Waals surface area contributed by atoms with Crippen molar-refractivity contribution in [2.45, 2.75) is 31.0 Å². The number of halogens is 4. The molecule has 1 aliphatic carbocycles. The van der Waals surface area contributed by atoms with Gasteiger partial charge in [-0.25, -0.2) is 9.97 Å². The molecule has 1 aromatic rings. The third-order valence-corrected chi connectivity index (χ3v) is 3.45. The van der Waals surface area contributed by atoms with Gasteiger partial charge in [0.25, 0.3) is 0 Å². The van der Waals surface area contributed by atoms with Crippen molar-refractivity contribution in [1.82, 2.24) is 9.97 Å². The molecule has 8 heteroatoms. The van der Waals surface area contributed by atoms with E-state index in [2.05, 4.69) is 15.3 Å². The molecule has 0 atom stereocenters. The van der Waals surface area contributed by atoms with Crippen LogP contribution in [0.1, 0.15) is 25.0 Å². The summed E-state index contributed by atoms with van der Waals surface area (Å²) in [6, 6.07) is 0.841. The van der Waals surface area contributed by atoms with Crippen LogP contribution in [0, 0.1) is 0 Å². The van der Waals surface area contributed by atoms with Crippen LogP contribution in [-0.4, -0.2) is 29.2 Å². The van der Waals surface area contributed by atoms with E-state index in [-0.39, 0.29) is 11.4 Å². The molecule has 19 heavy (non-hydrogen) atoms. The first-order valence-corrected chi connectivity index (χ1v) is 6.13. The fourth-order valence-electron chi connectivity index (χ4n) is 1.93. The largest absolute Gasteiger partial charge is 0.433 e. The summed E-state index contributed by atoms with van der Waals surface area (Å²) in [5.74, 6) is 0.0515. The summed E-state index contributed by atoms with van der Waals surface area (Å²) in [7, 11) is 1.59. The van der Waals surface area contributed by atoms with Gasteiger partial charge in [-0.05, 0) is 30.9 Å². The van der Waals surface area contributed by atoms with E-state index in [1.165, 1.54) is 0 Å². The van der Waals surface area contributed by atoms with E-state index < -0.39 is 17.2 Å². The minimum atomic E-state index is -4.54. The number of anilines is 1. The average molecular weight is 296 g/mol. The highest BCUT2D eigenvalue weighted by Gasteiger charge is 2.37. The van der Waals surface area contributed by atoms with Gasteiger partial charge in [0.2, 0.25) is 5.28 Å². The Bertz CT molecular complexity index is 457. The fourth-order valence-corrected chi connectivity index (χ4v) is 2.11. The zero-order valence-electron chi connectivity index (χ0n) is 10.2. The second-order valence-electron chi connectivity index (χ2n) is 4.50. The lowest BCUT2D eigenvalue weighted by atomic mass is 9.80. The van der Waals surface area contributed by atoms with Crippen LogP contribution >= 0.6 is 11.6 Å². The first kappa shape index (κ1) is 14.3. The number of nitrogens with one attached hydrogen (secondary N) is 1. The Morgan fingerprint density at radius 3 is 2.58 bits per heavy atom. The quantitative estimate of drug-likeness (QED) is 0.867. The zero-order valence-corrected chi connectivity index (χ0v) is 11.0. The van der Waals surface area contributed by atoms with Crippen LogP contribution in [0.15, 0.2) is 6.07 Å². The van der Waals surface area contributed by atoms with E-state index in [0.29, 0.717) is 6.54 Å². The van der Waals surface area contributed by atoms with Gasteiger partial charge in [0.1, 0.15) is 5.82 Å². The summed E-state index contributed by atoms with van der Waals surface area (Å²) in [4.78, 5) is 6.89. The van der Waals surface area contributed by atoms with Crippen molar-refractivity contribution in [1.29, 1.82) is 0 Å². The molecule has 0 amide bonds. The third kappa shape index (κ3) is 3.27. The summed E-state index contributed by atoms with van der Waals surface area (Å²) >= 11 is 5.49. The van der Waals surface area contributed by atoms with Crippen molar-refractivity contribution in [3.63, 3.8) is 0 Å². The summed E-state index contributed by atoms with van der Waals surface area (Å²) in [6.45, 7) is 0.397. The second kappa shape index (κ2) is 5.13. The molecule has 1 aliphatic rings. The molecule has 4 nitrogen and oxygen atoms in total. The van der Waals surface area contributed by atoms with Crippen LogP contribution in [-0.2, 0) is 10.9 Å². The minimum absolute atomic E-state index is 0.0515. The highest BCUT2D eigenvalue weighted by molar-refractivity contribution is 6.28. The number of aromatic nitrogens is 2. The van der Waals surface area contributed by atoms with E-state index in [1.54, 1.807) is 7.11 Å². The van der Waals surface area contributed by atoms with E-state index in [4.69, 9.17) is 16.3 Å². The molecule has 1 fully saturated rings. The van der Waals surface area contributed by atoms with Gasteiger partial charge in [0.05, 0.1) is 5.60 Å². The Morgan fingerprint density at radius 1 is 1.42 bits per heavy atom. The Hall–Kier alpha value is -1.08. The number of alkyl halides is 3. The number of rotatable bonds is 4. The van der Waals surface area contributed by atoms with Gasteiger partial charge < -0.3 is 10.1 Å². The lowest BCUT2D eigenvalue weighted by Gasteiger charge is -2.40. The van der Waals surface area contributed by atoms with E-state index in [0.717, 1.165) is 25.3 Å². The van der Waals surface area contributed by atoms with Gasteiger partial charge in [0, 0.05) is 19.7 Å². The first-order chi connectivity index (χ1) is 8.85. The van der Waals surface area contributed by atoms with E-state index >= 15 is 0 Å². The lowest BCUT2D eigenvalue weighted by molar-refractivity contribution is -0.141. The van der Waals surface area contributed by atoms with Crippen LogP contribution < -0.4 is 5.32 Å².